The molecule has 2 bridgehead atoms. The van der Waals surface area contributed by atoms with Crippen LogP contribution in [0.25, 0.3) is 0 Å². The molecule has 1 saturated carbocycles. The molecule has 1 aliphatic carbocycles. The second-order valence-electron chi connectivity index (χ2n) is 3.33. The van der Waals surface area contributed by atoms with Crippen LogP contribution in [0.5, 0.6) is 0 Å². The lowest BCUT2D eigenvalue weighted by molar-refractivity contribution is 0.392. The molecule has 2 rings (SSSR count). The molecule has 0 radical (unpaired) electrons. The highest BCUT2D eigenvalue weighted by Gasteiger charge is 2.36. The molecule has 1 N–H and O–H groups in total. The zero-order chi connectivity index (χ0) is 5.56. The molecule has 3 atom stereocenters. The first-order valence-corrected chi connectivity index (χ1v) is 3.59. The number of nitrogens with one attached hydrogen (secondary N) is 1. The predicted octanol–water partition coefficient (Wildman–Crippen LogP) is 1.00. The van der Waals surface area contributed by atoms with Gasteiger partial charge in [-0.25, -0.2) is 0 Å². The van der Waals surface area contributed by atoms with Crippen molar-refractivity contribution < 1.29 is 0 Å². The summed E-state index contributed by atoms with van der Waals surface area (Å²) in [5.74, 6) is 2.00. The van der Waals surface area contributed by atoms with Crippen LogP contribution >= 0.6 is 0 Å². The number of hydrogen-bond acceptors (Lipinski definition) is 1. The molecular weight excluding hydrogens is 98.1 g/mol. The minimum absolute atomic E-state index is 0.889. The fourth-order valence-corrected chi connectivity index (χ4v) is 2.15. The molecule has 1 saturated heterocycles. The van der Waals surface area contributed by atoms with Gasteiger partial charge in [0.15, 0.2) is 0 Å². The third kappa shape index (κ3) is 0.510. The van der Waals surface area contributed by atoms with Gasteiger partial charge in [0.1, 0.15) is 0 Å². The summed E-state index contributed by atoms with van der Waals surface area (Å²) in [7, 11) is 0. The Labute approximate surface area is 50.5 Å². The van der Waals surface area contributed by atoms with E-state index < -0.39 is 0 Å². The zero-order valence-corrected chi connectivity index (χ0v) is 5.35. The highest BCUT2D eigenvalue weighted by molar-refractivity contribution is 4.93. The van der Waals surface area contributed by atoms with E-state index in [-0.39, 0.29) is 0 Å². The molecule has 1 aliphatic heterocycles. The van der Waals surface area contributed by atoms with Crippen LogP contribution in [-0.4, -0.2) is 12.6 Å². The summed E-state index contributed by atoms with van der Waals surface area (Å²) in [5.41, 5.74) is 0. The average molecular weight is 111 g/mol. The molecule has 0 amide bonds. The summed E-state index contributed by atoms with van der Waals surface area (Å²) in [6, 6.07) is 0.889. The van der Waals surface area contributed by atoms with Crippen LogP contribution in [0.15, 0.2) is 0 Å². The lowest BCUT2D eigenvalue weighted by Crippen LogP contribution is -2.30. The smallest absolute Gasteiger partial charge is 0.00960 e. The van der Waals surface area contributed by atoms with E-state index in [4.69, 9.17) is 0 Å². The van der Waals surface area contributed by atoms with Crippen LogP contribution in [0.2, 0.25) is 0 Å². The Hall–Kier alpha value is -0.0400. The van der Waals surface area contributed by atoms with Crippen LogP contribution in [0.4, 0.5) is 0 Å². The quantitative estimate of drug-likeness (QED) is 0.492. The van der Waals surface area contributed by atoms with Gasteiger partial charge in [0.2, 0.25) is 0 Å². The van der Waals surface area contributed by atoms with E-state index in [1.807, 2.05) is 0 Å². The second kappa shape index (κ2) is 1.47. The first kappa shape index (κ1) is 4.80. The molecule has 1 nitrogen and oxygen atoms in total. The minimum Gasteiger partial charge on any atom is -0.313 e. The van der Waals surface area contributed by atoms with Gasteiger partial charge in [-0.3, -0.25) is 0 Å². The van der Waals surface area contributed by atoms with E-state index in [0.29, 0.717) is 0 Å². The highest BCUT2D eigenvalue weighted by atomic mass is 15.0. The Bertz CT molecular complexity index is 98.6. The first-order valence-electron chi connectivity index (χ1n) is 3.59. The van der Waals surface area contributed by atoms with Gasteiger partial charge in [0.25, 0.3) is 0 Å². The SMILES string of the molecule is C[C@@H]1C[C@H]2CN[C@@H]1C2. The fraction of sp³-hybridized carbons (Fsp3) is 1.00. The van der Waals surface area contributed by atoms with Gasteiger partial charge in [-0.05, 0) is 31.2 Å². The van der Waals surface area contributed by atoms with E-state index in [1.54, 1.807) is 0 Å². The third-order valence-electron chi connectivity index (χ3n) is 2.65. The van der Waals surface area contributed by atoms with Crippen molar-refractivity contribution in [2.75, 3.05) is 6.54 Å². The Morgan fingerprint density at radius 3 is 2.50 bits per heavy atom. The molecule has 0 unspecified atom stereocenters. The maximum atomic E-state index is 3.51. The molecule has 0 aromatic heterocycles. The molecule has 1 heteroatoms. The lowest BCUT2D eigenvalue weighted by Gasteiger charge is -2.17. The van der Waals surface area contributed by atoms with Gasteiger partial charge in [-0.15, -0.1) is 0 Å². The van der Waals surface area contributed by atoms with Crippen LogP contribution in [-0.2, 0) is 0 Å². The molecule has 1 heterocycles. The fourth-order valence-electron chi connectivity index (χ4n) is 2.15. The topological polar surface area (TPSA) is 12.0 Å². The largest absolute Gasteiger partial charge is 0.313 e. The predicted molar refractivity (Wildman–Crippen MR) is 33.7 cm³/mol. The lowest BCUT2D eigenvalue weighted by atomic mass is 10.0. The van der Waals surface area contributed by atoms with E-state index in [0.717, 1.165) is 17.9 Å². The molecule has 0 aromatic rings. The Kier molecular flexibility index (Phi) is 0.884. The van der Waals surface area contributed by atoms with E-state index in [2.05, 4.69) is 12.2 Å². The third-order valence-corrected chi connectivity index (χ3v) is 2.65. The minimum atomic E-state index is 0.889. The van der Waals surface area contributed by atoms with Gasteiger partial charge in [-0.1, -0.05) is 6.92 Å². The number of rotatable bonds is 0. The first-order chi connectivity index (χ1) is 3.86. The van der Waals surface area contributed by atoms with Crippen molar-refractivity contribution >= 4 is 0 Å². The summed E-state index contributed by atoms with van der Waals surface area (Å²) in [6.45, 7) is 3.66. The Morgan fingerprint density at radius 2 is 2.25 bits per heavy atom. The van der Waals surface area contributed by atoms with Crippen molar-refractivity contribution in [1.82, 2.24) is 5.32 Å². The monoisotopic (exact) mass is 111 g/mol. The van der Waals surface area contributed by atoms with Gasteiger partial charge < -0.3 is 5.32 Å². The summed E-state index contributed by atoms with van der Waals surface area (Å²) in [4.78, 5) is 0. The molecule has 2 fully saturated rings. The van der Waals surface area contributed by atoms with Gasteiger partial charge in [0.05, 0.1) is 0 Å². The van der Waals surface area contributed by atoms with Crippen LogP contribution in [0.3, 0.4) is 0 Å². The van der Waals surface area contributed by atoms with Crippen molar-refractivity contribution in [1.29, 1.82) is 0 Å². The average Bonchev–Trinajstić information content (AvgIpc) is 2.23. The summed E-state index contributed by atoms with van der Waals surface area (Å²) in [6.07, 6.45) is 2.94. The second-order valence-corrected chi connectivity index (χ2v) is 3.33. The van der Waals surface area contributed by atoms with Crippen molar-refractivity contribution in [3.05, 3.63) is 0 Å². The van der Waals surface area contributed by atoms with Crippen molar-refractivity contribution in [3.63, 3.8) is 0 Å². The van der Waals surface area contributed by atoms with E-state index in [9.17, 15) is 0 Å². The zero-order valence-electron chi connectivity index (χ0n) is 5.35. The van der Waals surface area contributed by atoms with Gasteiger partial charge in [0, 0.05) is 6.04 Å². The number of hydrogen-bond donors (Lipinski definition) is 1. The Morgan fingerprint density at radius 1 is 1.38 bits per heavy atom. The number of fused-ring (bicyclic) bond motifs is 2. The molecular formula is C7H13N. The maximum Gasteiger partial charge on any atom is 0.00960 e. The van der Waals surface area contributed by atoms with Gasteiger partial charge in [-0.2, -0.15) is 0 Å². The molecule has 2 aliphatic rings. The van der Waals surface area contributed by atoms with Crippen LogP contribution in [0, 0.1) is 11.8 Å². The molecule has 0 spiro atoms. The van der Waals surface area contributed by atoms with Crippen molar-refractivity contribution in [2.45, 2.75) is 25.8 Å². The highest BCUT2D eigenvalue weighted by Crippen LogP contribution is 2.35. The van der Waals surface area contributed by atoms with E-state index >= 15 is 0 Å². The standard InChI is InChI=1S/C7H13N/c1-5-2-6-3-7(5)8-4-6/h5-8H,2-4H2,1H3/t5-,6-,7-/m1/s1. The van der Waals surface area contributed by atoms with Crippen LogP contribution < -0.4 is 5.32 Å². The van der Waals surface area contributed by atoms with Crippen molar-refractivity contribution in [3.8, 4) is 0 Å². The normalized spacial score (nSPS) is 52.9. The van der Waals surface area contributed by atoms with Crippen molar-refractivity contribution in [2.24, 2.45) is 11.8 Å². The summed E-state index contributed by atoms with van der Waals surface area (Å²) < 4.78 is 0. The molecule has 46 valence electrons. The molecule has 0 aromatic carbocycles. The van der Waals surface area contributed by atoms with Crippen LogP contribution in [0.1, 0.15) is 19.8 Å². The Balaban J connectivity index is 2.11. The van der Waals surface area contributed by atoms with Gasteiger partial charge >= 0.3 is 0 Å². The summed E-state index contributed by atoms with van der Waals surface area (Å²) in [5, 5.41) is 3.51. The maximum absolute atomic E-state index is 3.51. The molecule has 8 heavy (non-hydrogen) atoms. The van der Waals surface area contributed by atoms with E-state index in [1.165, 1.54) is 19.4 Å². The number of piperidine rings is 1. The summed E-state index contributed by atoms with van der Waals surface area (Å²) >= 11 is 0.